The van der Waals surface area contributed by atoms with E-state index in [1.54, 1.807) is 0 Å². The average Bonchev–Trinajstić information content (AvgIpc) is 3.25. The first-order valence-electron chi connectivity index (χ1n) is 9.78. The molecule has 6 heteroatoms. The third-order valence-corrected chi connectivity index (χ3v) is 5.45. The number of benzene rings is 1. The lowest BCUT2D eigenvalue weighted by atomic mass is 9.95. The first-order valence-corrected chi connectivity index (χ1v) is 9.78. The van der Waals surface area contributed by atoms with Crippen molar-refractivity contribution in [1.29, 1.82) is 0 Å². The Balaban J connectivity index is 1.61. The number of aliphatic hydroxyl groups excluding tert-OH is 1. The zero-order valence-corrected chi connectivity index (χ0v) is 16.0. The molecule has 0 aliphatic heterocycles. The quantitative estimate of drug-likeness (QED) is 0.666. The molecule has 0 bridgehead atoms. The Hall–Kier alpha value is -2.47. The van der Waals surface area contributed by atoms with E-state index in [0.29, 0.717) is 13.0 Å². The van der Waals surface area contributed by atoms with Gasteiger partial charge >= 0.3 is 0 Å². The van der Waals surface area contributed by atoms with Crippen molar-refractivity contribution in [3.63, 3.8) is 0 Å². The van der Waals surface area contributed by atoms with Crippen LogP contribution in [0.15, 0.2) is 42.6 Å². The summed E-state index contributed by atoms with van der Waals surface area (Å²) in [6.07, 6.45) is 5.19. The summed E-state index contributed by atoms with van der Waals surface area (Å²) in [5.74, 6) is 1.82. The molecule has 0 radical (unpaired) electrons. The Kier molecular flexibility index (Phi) is 4.83. The van der Waals surface area contributed by atoms with E-state index in [0.717, 1.165) is 43.1 Å². The predicted molar refractivity (Wildman–Crippen MR) is 103 cm³/mol. The van der Waals surface area contributed by atoms with Crippen molar-refractivity contribution in [2.75, 3.05) is 0 Å². The van der Waals surface area contributed by atoms with Gasteiger partial charge in [-0.05, 0) is 37.8 Å². The number of rotatable bonds is 8. The zero-order valence-electron chi connectivity index (χ0n) is 16.0. The molecule has 1 atom stereocenters. The highest BCUT2D eigenvalue weighted by Crippen LogP contribution is 2.52. The van der Waals surface area contributed by atoms with Crippen LogP contribution in [0.3, 0.4) is 0 Å². The second-order valence-corrected chi connectivity index (χ2v) is 7.51. The van der Waals surface area contributed by atoms with Crippen LogP contribution in [-0.2, 0) is 24.9 Å². The van der Waals surface area contributed by atoms with Crippen LogP contribution in [0.4, 0.5) is 0 Å². The van der Waals surface area contributed by atoms with Crippen LogP contribution in [0.5, 0.6) is 0 Å². The van der Waals surface area contributed by atoms with E-state index in [-0.39, 0.29) is 5.41 Å². The number of aryl methyl sites for hydroxylation is 3. The summed E-state index contributed by atoms with van der Waals surface area (Å²) in [4.78, 5) is 4.93. The normalized spacial score (nSPS) is 16.4. The van der Waals surface area contributed by atoms with Gasteiger partial charge in [-0.3, -0.25) is 4.68 Å². The fourth-order valence-electron chi connectivity index (χ4n) is 3.56. The number of hydrogen-bond donors (Lipinski definition) is 1. The standard InChI is InChI=1S/C21H27N5O/c1-3-18(27)15-26-19(10-14-25-13-9-16(2)23-25)22-20(24-26)21(11-12-21)17-7-5-4-6-8-17/h4-9,13,18,27H,3,10-12,14-15H2,1-2H3/t18-/m1/s1. The predicted octanol–water partition coefficient (Wildman–Crippen LogP) is 2.88. The number of aliphatic hydroxyl groups is 1. The summed E-state index contributed by atoms with van der Waals surface area (Å²) in [6.45, 7) is 5.22. The van der Waals surface area contributed by atoms with Gasteiger partial charge in [0.05, 0.1) is 23.8 Å². The number of nitrogens with zero attached hydrogens (tertiary/aromatic N) is 5. The Bertz CT molecular complexity index is 894. The topological polar surface area (TPSA) is 68.8 Å². The van der Waals surface area contributed by atoms with Gasteiger partial charge in [-0.1, -0.05) is 37.3 Å². The Labute approximate surface area is 159 Å². The van der Waals surface area contributed by atoms with E-state index >= 15 is 0 Å². The first-order chi connectivity index (χ1) is 13.1. The fraction of sp³-hybridized carbons (Fsp3) is 0.476. The molecular formula is C21H27N5O. The monoisotopic (exact) mass is 365 g/mol. The second kappa shape index (κ2) is 7.27. The van der Waals surface area contributed by atoms with E-state index in [1.807, 2.05) is 41.5 Å². The number of aromatic nitrogens is 5. The summed E-state index contributed by atoms with van der Waals surface area (Å²) in [5.41, 5.74) is 2.24. The van der Waals surface area contributed by atoms with Crippen LogP contribution < -0.4 is 0 Å². The molecule has 142 valence electrons. The molecule has 2 aromatic heterocycles. The Morgan fingerprint density at radius 3 is 2.56 bits per heavy atom. The van der Waals surface area contributed by atoms with Crippen LogP contribution >= 0.6 is 0 Å². The highest BCUT2D eigenvalue weighted by molar-refractivity contribution is 5.39. The van der Waals surface area contributed by atoms with Gasteiger partial charge in [-0.15, -0.1) is 0 Å². The van der Waals surface area contributed by atoms with E-state index in [2.05, 4.69) is 29.4 Å². The third-order valence-electron chi connectivity index (χ3n) is 5.45. The summed E-state index contributed by atoms with van der Waals surface area (Å²) >= 11 is 0. The summed E-state index contributed by atoms with van der Waals surface area (Å²) in [6, 6.07) is 12.5. The van der Waals surface area contributed by atoms with Crippen LogP contribution in [0, 0.1) is 6.92 Å². The molecule has 1 N–H and O–H groups in total. The maximum Gasteiger partial charge on any atom is 0.161 e. The molecule has 0 unspecified atom stereocenters. The summed E-state index contributed by atoms with van der Waals surface area (Å²) in [5, 5.41) is 19.5. The van der Waals surface area contributed by atoms with Gasteiger partial charge in [0.2, 0.25) is 0 Å². The average molecular weight is 365 g/mol. The van der Waals surface area contributed by atoms with Gasteiger partial charge in [0.25, 0.3) is 0 Å². The molecule has 1 aromatic carbocycles. The zero-order chi connectivity index (χ0) is 18.9. The highest BCUT2D eigenvalue weighted by Gasteiger charge is 2.49. The lowest BCUT2D eigenvalue weighted by Gasteiger charge is -2.11. The van der Waals surface area contributed by atoms with Crippen LogP contribution in [0.25, 0.3) is 0 Å². The Morgan fingerprint density at radius 1 is 1.15 bits per heavy atom. The molecule has 2 heterocycles. The second-order valence-electron chi connectivity index (χ2n) is 7.51. The van der Waals surface area contributed by atoms with E-state index < -0.39 is 6.10 Å². The van der Waals surface area contributed by atoms with E-state index in [4.69, 9.17) is 10.1 Å². The molecule has 0 saturated heterocycles. The Morgan fingerprint density at radius 2 is 1.93 bits per heavy atom. The molecule has 6 nitrogen and oxygen atoms in total. The maximum atomic E-state index is 10.2. The van der Waals surface area contributed by atoms with Crippen molar-refractivity contribution in [1.82, 2.24) is 24.5 Å². The number of hydrogen-bond acceptors (Lipinski definition) is 4. The molecule has 1 fully saturated rings. The van der Waals surface area contributed by atoms with Gasteiger partial charge in [-0.25, -0.2) is 9.67 Å². The van der Waals surface area contributed by atoms with Crippen molar-refractivity contribution in [2.24, 2.45) is 0 Å². The van der Waals surface area contributed by atoms with Crippen LogP contribution in [0.1, 0.15) is 49.1 Å². The molecular weight excluding hydrogens is 338 g/mol. The van der Waals surface area contributed by atoms with Gasteiger partial charge in [0, 0.05) is 19.2 Å². The lowest BCUT2D eigenvalue weighted by Crippen LogP contribution is -2.19. The van der Waals surface area contributed by atoms with Gasteiger partial charge in [-0.2, -0.15) is 10.2 Å². The maximum absolute atomic E-state index is 10.2. The molecule has 0 spiro atoms. The highest BCUT2D eigenvalue weighted by atomic mass is 16.3. The largest absolute Gasteiger partial charge is 0.391 e. The van der Waals surface area contributed by atoms with Gasteiger partial charge < -0.3 is 5.11 Å². The minimum atomic E-state index is -0.405. The van der Waals surface area contributed by atoms with Crippen molar-refractivity contribution in [2.45, 2.75) is 64.1 Å². The minimum absolute atomic E-state index is 0.0548. The smallest absolute Gasteiger partial charge is 0.161 e. The third kappa shape index (κ3) is 3.67. The summed E-state index contributed by atoms with van der Waals surface area (Å²) in [7, 11) is 0. The first kappa shape index (κ1) is 17.9. The molecule has 1 aliphatic carbocycles. The SMILES string of the molecule is CC[C@@H](O)Cn1nc(C2(c3ccccc3)CC2)nc1CCn1ccc(C)n1. The van der Waals surface area contributed by atoms with Gasteiger partial charge in [0.15, 0.2) is 5.82 Å². The van der Waals surface area contributed by atoms with E-state index in [9.17, 15) is 5.11 Å². The molecule has 27 heavy (non-hydrogen) atoms. The summed E-state index contributed by atoms with van der Waals surface area (Å²) < 4.78 is 3.84. The molecule has 4 rings (SSSR count). The minimum Gasteiger partial charge on any atom is -0.391 e. The van der Waals surface area contributed by atoms with Crippen molar-refractivity contribution >= 4 is 0 Å². The van der Waals surface area contributed by atoms with Crippen molar-refractivity contribution in [3.05, 3.63) is 65.5 Å². The molecule has 1 aliphatic rings. The molecule has 1 saturated carbocycles. The molecule has 3 aromatic rings. The van der Waals surface area contributed by atoms with Crippen molar-refractivity contribution in [3.8, 4) is 0 Å². The van der Waals surface area contributed by atoms with E-state index in [1.165, 1.54) is 5.56 Å². The fourth-order valence-corrected chi connectivity index (χ4v) is 3.56. The lowest BCUT2D eigenvalue weighted by molar-refractivity contribution is 0.143. The van der Waals surface area contributed by atoms with Crippen molar-refractivity contribution < 1.29 is 5.11 Å². The van der Waals surface area contributed by atoms with Gasteiger partial charge in [0.1, 0.15) is 5.82 Å². The van der Waals surface area contributed by atoms with Crippen LogP contribution in [0.2, 0.25) is 0 Å². The molecule has 0 amide bonds. The van der Waals surface area contributed by atoms with Crippen LogP contribution in [-0.4, -0.2) is 35.8 Å².